The Kier molecular flexibility index (Phi) is 4.67. The zero-order valence-electron chi connectivity index (χ0n) is 15.3. The summed E-state index contributed by atoms with van der Waals surface area (Å²) >= 11 is 0. The number of carbonyl (C=O) groups excluding carboxylic acids is 2. The van der Waals surface area contributed by atoms with E-state index in [9.17, 15) is 9.59 Å². The van der Waals surface area contributed by atoms with Crippen LogP contribution in [0.25, 0.3) is 0 Å². The molecule has 5 nitrogen and oxygen atoms in total. The number of amides is 1. The Morgan fingerprint density at radius 2 is 1.72 bits per heavy atom. The molecule has 1 aromatic rings. The lowest BCUT2D eigenvalue weighted by Crippen LogP contribution is -2.48. The van der Waals surface area contributed by atoms with Crippen LogP contribution in [0.2, 0.25) is 0 Å². The van der Waals surface area contributed by atoms with Gasteiger partial charge in [0.25, 0.3) is 5.91 Å². The highest BCUT2D eigenvalue weighted by molar-refractivity contribution is 6.04. The average Bonchev–Trinajstić information content (AvgIpc) is 3.00. The van der Waals surface area contributed by atoms with Gasteiger partial charge in [-0.2, -0.15) is 0 Å². The van der Waals surface area contributed by atoms with Gasteiger partial charge in [0.05, 0.1) is 0 Å². The van der Waals surface area contributed by atoms with Gasteiger partial charge >= 0.3 is 0 Å². The highest BCUT2D eigenvalue weighted by atomic mass is 16.2. The van der Waals surface area contributed by atoms with Crippen LogP contribution in [0.3, 0.4) is 0 Å². The second-order valence-corrected chi connectivity index (χ2v) is 7.88. The zero-order chi connectivity index (χ0) is 17.4. The van der Waals surface area contributed by atoms with Crippen molar-refractivity contribution in [2.24, 2.45) is 0 Å². The smallest absolute Gasteiger partial charge is 0.270 e. The number of H-pyrrole nitrogens is 1. The van der Waals surface area contributed by atoms with Crippen molar-refractivity contribution in [3.8, 4) is 0 Å². The van der Waals surface area contributed by atoms with Gasteiger partial charge in [0.1, 0.15) is 5.69 Å². The van der Waals surface area contributed by atoms with Gasteiger partial charge in [-0.05, 0) is 64.1 Å². The zero-order valence-corrected chi connectivity index (χ0v) is 15.3. The number of likely N-dealkylation sites (tertiary alicyclic amines) is 2. The number of piperidine rings is 2. The van der Waals surface area contributed by atoms with E-state index in [0.29, 0.717) is 18.2 Å². The minimum absolute atomic E-state index is 0.0804. The van der Waals surface area contributed by atoms with Gasteiger partial charge in [-0.3, -0.25) is 9.59 Å². The second-order valence-electron chi connectivity index (χ2n) is 7.88. The van der Waals surface area contributed by atoms with Crippen LogP contribution in [0.4, 0.5) is 0 Å². The molecule has 0 aromatic carbocycles. The summed E-state index contributed by atoms with van der Waals surface area (Å²) in [6, 6.07) is 0.642. The molecule has 4 rings (SSSR count). The summed E-state index contributed by atoms with van der Waals surface area (Å²) in [6.07, 6.45) is 8.53. The van der Waals surface area contributed by atoms with E-state index in [2.05, 4.69) is 9.88 Å². The molecular formula is C20H29N3O2. The van der Waals surface area contributed by atoms with E-state index in [4.69, 9.17) is 0 Å². The molecule has 0 saturated carbocycles. The maximum atomic E-state index is 13.0. The number of fused-ring (bicyclic) bond motifs is 1. The van der Waals surface area contributed by atoms with Gasteiger partial charge in [0.15, 0.2) is 5.78 Å². The van der Waals surface area contributed by atoms with Crippen LogP contribution < -0.4 is 0 Å². The fraction of sp³-hybridized carbons (Fsp3) is 0.700. The first-order valence-corrected chi connectivity index (χ1v) is 9.93. The first-order chi connectivity index (χ1) is 12.1. The maximum absolute atomic E-state index is 13.0. The predicted molar refractivity (Wildman–Crippen MR) is 97.1 cm³/mol. The summed E-state index contributed by atoms with van der Waals surface area (Å²) < 4.78 is 0. The summed E-state index contributed by atoms with van der Waals surface area (Å²) in [6.45, 7) is 6.03. The standard InChI is InChI=1S/C20H29N3O2/c1-14-18-16(6-5-7-17(18)24)21-19(14)20(25)23-12-8-15(9-13-23)22-10-3-2-4-11-22/h15,21H,2-13H2,1H3. The van der Waals surface area contributed by atoms with Gasteiger partial charge < -0.3 is 14.8 Å². The summed E-state index contributed by atoms with van der Waals surface area (Å²) in [7, 11) is 0. The molecule has 0 unspecified atom stereocenters. The fourth-order valence-electron chi connectivity index (χ4n) is 4.86. The highest BCUT2D eigenvalue weighted by Crippen LogP contribution is 2.28. The summed E-state index contributed by atoms with van der Waals surface area (Å²) in [4.78, 5) is 33.1. The number of aromatic amines is 1. The summed E-state index contributed by atoms with van der Waals surface area (Å²) in [5.74, 6) is 0.273. The molecule has 5 heteroatoms. The third-order valence-corrected chi connectivity index (χ3v) is 6.31. The van der Waals surface area contributed by atoms with E-state index in [0.717, 1.165) is 55.6 Å². The van der Waals surface area contributed by atoms with Gasteiger partial charge in [0.2, 0.25) is 0 Å². The molecule has 1 aromatic heterocycles. The minimum atomic E-state index is 0.0804. The van der Waals surface area contributed by atoms with Gasteiger partial charge in [-0.25, -0.2) is 0 Å². The monoisotopic (exact) mass is 343 g/mol. The Hall–Kier alpha value is -1.62. The third kappa shape index (κ3) is 3.14. The highest BCUT2D eigenvalue weighted by Gasteiger charge is 2.31. The van der Waals surface area contributed by atoms with Crippen molar-refractivity contribution in [1.29, 1.82) is 0 Å². The number of rotatable bonds is 2. The first-order valence-electron chi connectivity index (χ1n) is 9.93. The van der Waals surface area contributed by atoms with E-state index >= 15 is 0 Å². The molecule has 3 aliphatic rings. The Morgan fingerprint density at radius 3 is 2.40 bits per heavy atom. The number of hydrogen-bond donors (Lipinski definition) is 1. The number of carbonyl (C=O) groups is 2. The van der Waals surface area contributed by atoms with Crippen LogP contribution in [0.15, 0.2) is 0 Å². The van der Waals surface area contributed by atoms with Crippen molar-refractivity contribution < 1.29 is 9.59 Å². The van der Waals surface area contributed by atoms with E-state index in [-0.39, 0.29) is 11.7 Å². The van der Waals surface area contributed by atoms with Gasteiger partial charge in [0, 0.05) is 36.8 Å². The molecule has 2 fully saturated rings. The van der Waals surface area contributed by atoms with Crippen molar-refractivity contribution in [3.05, 3.63) is 22.5 Å². The lowest BCUT2D eigenvalue weighted by Gasteiger charge is -2.40. The number of Topliss-reactive ketones (excluding diaryl/α,β-unsaturated/α-hetero) is 1. The first kappa shape index (κ1) is 16.8. The Balaban J connectivity index is 1.43. The van der Waals surface area contributed by atoms with Crippen molar-refractivity contribution in [3.63, 3.8) is 0 Å². The number of nitrogens with zero attached hydrogens (tertiary/aromatic N) is 2. The molecule has 2 saturated heterocycles. The Labute approximate surface area is 149 Å². The van der Waals surface area contributed by atoms with Crippen molar-refractivity contribution >= 4 is 11.7 Å². The van der Waals surface area contributed by atoms with Crippen molar-refractivity contribution in [2.45, 2.75) is 64.3 Å². The summed E-state index contributed by atoms with van der Waals surface area (Å²) in [5, 5.41) is 0. The van der Waals surface area contributed by atoms with Crippen LogP contribution in [-0.4, -0.2) is 58.7 Å². The van der Waals surface area contributed by atoms with Crippen LogP contribution in [0.1, 0.15) is 77.0 Å². The number of hydrogen-bond acceptors (Lipinski definition) is 3. The normalized spacial score (nSPS) is 22.9. The van der Waals surface area contributed by atoms with E-state index < -0.39 is 0 Å². The maximum Gasteiger partial charge on any atom is 0.270 e. The van der Waals surface area contributed by atoms with Gasteiger partial charge in [-0.15, -0.1) is 0 Å². The molecule has 1 aliphatic carbocycles. The van der Waals surface area contributed by atoms with Gasteiger partial charge in [-0.1, -0.05) is 6.42 Å². The van der Waals surface area contributed by atoms with Crippen LogP contribution in [-0.2, 0) is 6.42 Å². The number of nitrogens with one attached hydrogen (secondary N) is 1. The van der Waals surface area contributed by atoms with E-state index in [1.807, 2.05) is 11.8 Å². The Morgan fingerprint density at radius 1 is 1.00 bits per heavy atom. The SMILES string of the molecule is Cc1c(C(=O)N2CCC(N3CCCCC3)CC2)[nH]c2c1C(=O)CCC2. The topological polar surface area (TPSA) is 56.4 Å². The minimum Gasteiger partial charge on any atom is -0.354 e. The molecule has 136 valence electrons. The largest absolute Gasteiger partial charge is 0.354 e. The summed E-state index contributed by atoms with van der Waals surface area (Å²) in [5.41, 5.74) is 3.28. The molecule has 2 aliphatic heterocycles. The molecule has 25 heavy (non-hydrogen) atoms. The van der Waals surface area contributed by atoms with E-state index in [1.54, 1.807) is 0 Å². The third-order valence-electron chi connectivity index (χ3n) is 6.31. The van der Waals surface area contributed by atoms with E-state index in [1.165, 1.54) is 32.4 Å². The van der Waals surface area contributed by atoms with Crippen LogP contribution in [0, 0.1) is 6.92 Å². The molecule has 3 heterocycles. The molecule has 1 amide bonds. The van der Waals surface area contributed by atoms with Crippen LogP contribution in [0.5, 0.6) is 0 Å². The average molecular weight is 343 g/mol. The molecular weight excluding hydrogens is 314 g/mol. The Bertz CT molecular complexity index is 665. The molecule has 0 radical (unpaired) electrons. The lowest BCUT2D eigenvalue weighted by atomic mass is 9.93. The van der Waals surface area contributed by atoms with Crippen molar-refractivity contribution in [1.82, 2.24) is 14.8 Å². The van der Waals surface area contributed by atoms with Crippen molar-refractivity contribution in [2.75, 3.05) is 26.2 Å². The molecule has 0 bridgehead atoms. The molecule has 0 spiro atoms. The molecule has 1 N–H and O–H groups in total. The number of ketones is 1. The predicted octanol–water partition coefficient (Wildman–Crippen LogP) is 2.93. The fourth-order valence-corrected chi connectivity index (χ4v) is 4.86. The second kappa shape index (κ2) is 6.94. The van der Waals surface area contributed by atoms with Crippen LogP contribution >= 0.6 is 0 Å². The molecule has 0 atom stereocenters. The quantitative estimate of drug-likeness (QED) is 0.898. The number of aromatic nitrogens is 1. The lowest BCUT2D eigenvalue weighted by molar-refractivity contribution is 0.0584. The number of aryl methyl sites for hydroxylation is 1.